The molecule has 3 N–H and O–H groups in total. The number of rotatable bonds is 8. The number of phenolic OH excluding ortho intramolecular Hbond substituents is 2. The Bertz CT molecular complexity index is 1060. The van der Waals surface area contributed by atoms with Gasteiger partial charge in [-0.2, -0.15) is 0 Å². The molecule has 0 aromatic heterocycles. The maximum atomic E-state index is 13.6. The maximum absolute atomic E-state index is 13.6. The second-order valence-electron chi connectivity index (χ2n) is 11.5. The van der Waals surface area contributed by atoms with Crippen LogP contribution in [0.25, 0.3) is 0 Å². The van der Waals surface area contributed by atoms with Crippen molar-refractivity contribution < 1.29 is 15.0 Å². The monoisotopic (exact) mass is 493 g/mol. The van der Waals surface area contributed by atoms with Gasteiger partial charge in [0.15, 0.2) is 0 Å². The molecular formula is C30H43N3O3. The average Bonchev–Trinajstić information content (AvgIpc) is 2.85. The van der Waals surface area contributed by atoms with Gasteiger partial charge < -0.3 is 25.3 Å². The number of nitrogens with one attached hydrogen (secondary N) is 1. The Labute approximate surface area is 216 Å². The van der Waals surface area contributed by atoms with E-state index in [1.165, 1.54) is 5.56 Å². The topological polar surface area (TPSA) is 76.0 Å². The molecule has 1 saturated heterocycles. The second kappa shape index (κ2) is 11.2. The predicted octanol–water partition coefficient (Wildman–Crippen LogP) is 4.29. The van der Waals surface area contributed by atoms with Crippen molar-refractivity contribution in [2.75, 3.05) is 32.7 Å². The van der Waals surface area contributed by atoms with E-state index in [9.17, 15) is 15.0 Å². The summed E-state index contributed by atoms with van der Waals surface area (Å²) in [5.74, 6) is 1.78. The van der Waals surface area contributed by atoms with Crippen LogP contribution in [0.2, 0.25) is 0 Å². The Morgan fingerprint density at radius 1 is 1.14 bits per heavy atom. The number of piperidine rings is 1. The van der Waals surface area contributed by atoms with Crippen LogP contribution >= 0.6 is 0 Å². The van der Waals surface area contributed by atoms with Crippen LogP contribution < -0.4 is 5.32 Å². The largest absolute Gasteiger partial charge is 0.508 e. The highest BCUT2D eigenvalue weighted by Gasteiger charge is 2.38. The Morgan fingerprint density at radius 2 is 1.92 bits per heavy atom. The van der Waals surface area contributed by atoms with Gasteiger partial charge in [0.05, 0.1) is 6.04 Å². The number of fused-ring (bicyclic) bond motifs is 1. The van der Waals surface area contributed by atoms with E-state index in [0.717, 1.165) is 56.7 Å². The summed E-state index contributed by atoms with van der Waals surface area (Å²) in [5, 5.41) is 23.2. The van der Waals surface area contributed by atoms with Gasteiger partial charge in [0.2, 0.25) is 5.91 Å². The summed E-state index contributed by atoms with van der Waals surface area (Å²) in [5.41, 5.74) is 3.46. The minimum Gasteiger partial charge on any atom is -0.508 e. The van der Waals surface area contributed by atoms with Crippen LogP contribution in [0.4, 0.5) is 0 Å². The molecule has 36 heavy (non-hydrogen) atoms. The standard InChI is InChI=1S/C30H43N3O3/c1-21(2)10-12-33(29(36)28-17-23-8-9-27(35)16-24(23)19-31-28)15-14-32-13-11-30(4,22(3)20-32)25-6-5-7-26(34)18-25/h5-9,16,18,21-22,28,31,34-35H,10-15,17,19-20H2,1-4H3/t22-,28+,30+/m0/s1. The van der Waals surface area contributed by atoms with Crippen molar-refractivity contribution in [2.45, 2.75) is 65.0 Å². The molecule has 6 heteroatoms. The lowest BCUT2D eigenvalue weighted by Gasteiger charge is -2.45. The molecule has 2 aromatic carbocycles. The molecule has 6 nitrogen and oxygen atoms in total. The van der Waals surface area contributed by atoms with Gasteiger partial charge in [0, 0.05) is 32.7 Å². The molecule has 3 atom stereocenters. The number of phenols is 2. The zero-order valence-corrected chi connectivity index (χ0v) is 22.3. The summed E-state index contributed by atoms with van der Waals surface area (Å²) in [7, 11) is 0. The zero-order chi connectivity index (χ0) is 25.9. The first-order valence-electron chi connectivity index (χ1n) is 13.5. The van der Waals surface area contributed by atoms with Crippen molar-refractivity contribution in [1.29, 1.82) is 0 Å². The number of benzene rings is 2. The number of carbonyl (C=O) groups excluding carboxylic acids is 1. The smallest absolute Gasteiger partial charge is 0.240 e. The number of likely N-dealkylation sites (tertiary alicyclic amines) is 1. The Morgan fingerprint density at radius 3 is 2.64 bits per heavy atom. The van der Waals surface area contributed by atoms with Crippen molar-refractivity contribution >= 4 is 5.91 Å². The lowest BCUT2D eigenvalue weighted by molar-refractivity contribution is -0.134. The molecular weight excluding hydrogens is 450 g/mol. The summed E-state index contributed by atoms with van der Waals surface area (Å²) in [6, 6.07) is 13.0. The molecule has 0 unspecified atom stereocenters. The normalized spacial score (nSPS) is 24.5. The number of hydrogen-bond acceptors (Lipinski definition) is 5. The highest BCUT2D eigenvalue weighted by atomic mass is 16.3. The van der Waals surface area contributed by atoms with Gasteiger partial charge in [-0.05, 0) is 84.0 Å². The summed E-state index contributed by atoms with van der Waals surface area (Å²) < 4.78 is 0. The third-order valence-electron chi connectivity index (χ3n) is 8.50. The van der Waals surface area contributed by atoms with Crippen LogP contribution in [-0.2, 0) is 23.2 Å². The highest BCUT2D eigenvalue weighted by Crippen LogP contribution is 2.40. The highest BCUT2D eigenvalue weighted by molar-refractivity contribution is 5.82. The molecule has 2 aromatic rings. The predicted molar refractivity (Wildman–Crippen MR) is 144 cm³/mol. The molecule has 0 bridgehead atoms. The maximum Gasteiger partial charge on any atom is 0.240 e. The minimum atomic E-state index is -0.219. The van der Waals surface area contributed by atoms with Gasteiger partial charge in [0.25, 0.3) is 0 Å². The summed E-state index contributed by atoms with van der Waals surface area (Å²) >= 11 is 0. The van der Waals surface area contributed by atoms with Crippen LogP contribution in [-0.4, -0.2) is 64.7 Å². The molecule has 2 aliphatic rings. The van der Waals surface area contributed by atoms with Crippen molar-refractivity contribution in [3.63, 3.8) is 0 Å². The molecule has 1 amide bonds. The first-order valence-corrected chi connectivity index (χ1v) is 13.5. The van der Waals surface area contributed by atoms with Crippen LogP contribution in [0.1, 0.15) is 57.2 Å². The Hall–Kier alpha value is -2.57. The van der Waals surface area contributed by atoms with Crippen molar-refractivity contribution in [3.05, 3.63) is 59.2 Å². The first-order chi connectivity index (χ1) is 17.2. The molecule has 4 rings (SSSR count). The molecule has 2 heterocycles. The number of aromatic hydroxyl groups is 2. The average molecular weight is 494 g/mol. The molecule has 1 fully saturated rings. The van der Waals surface area contributed by atoms with Crippen LogP contribution in [0.3, 0.4) is 0 Å². The lowest BCUT2D eigenvalue weighted by atomic mass is 9.68. The first kappa shape index (κ1) is 26.5. The summed E-state index contributed by atoms with van der Waals surface area (Å²) in [6.07, 6.45) is 2.69. The van der Waals surface area contributed by atoms with E-state index in [0.29, 0.717) is 30.6 Å². The number of hydrogen-bond donors (Lipinski definition) is 3. The van der Waals surface area contributed by atoms with Gasteiger partial charge in [-0.25, -0.2) is 0 Å². The third-order valence-corrected chi connectivity index (χ3v) is 8.50. The van der Waals surface area contributed by atoms with Crippen molar-refractivity contribution in [2.24, 2.45) is 11.8 Å². The van der Waals surface area contributed by atoms with Crippen LogP contribution in [0.5, 0.6) is 11.5 Å². The lowest BCUT2D eigenvalue weighted by Crippen LogP contribution is -2.53. The fourth-order valence-electron chi connectivity index (χ4n) is 5.71. The molecule has 2 aliphatic heterocycles. The van der Waals surface area contributed by atoms with Gasteiger partial charge in [-0.1, -0.05) is 45.9 Å². The quantitative estimate of drug-likeness (QED) is 0.512. The SMILES string of the molecule is CC(C)CCN(CCN1CC[C@@](C)(c2cccc(O)c2)[C@@H](C)C1)C(=O)[C@H]1Cc2ccc(O)cc2CN1. The fourth-order valence-corrected chi connectivity index (χ4v) is 5.71. The molecule has 196 valence electrons. The van der Waals surface area contributed by atoms with E-state index in [2.05, 4.69) is 48.9 Å². The molecule has 0 aliphatic carbocycles. The second-order valence-corrected chi connectivity index (χ2v) is 11.5. The van der Waals surface area contributed by atoms with Crippen molar-refractivity contribution in [3.8, 4) is 11.5 Å². The summed E-state index contributed by atoms with van der Waals surface area (Å²) in [4.78, 5) is 18.2. The van der Waals surface area contributed by atoms with E-state index in [1.807, 2.05) is 18.2 Å². The van der Waals surface area contributed by atoms with Crippen LogP contribution in [0.15, 0.2) is 42.5 Å². The summed E-state index contributed by atoms with van der Waals surface area (Å²) in [6.45, 7) is 14.0. The van der Waals surface area contributed by atoms with E-state index in [1.54, 1.807) is 18.2 Å². The van der Waals surface area contributed by atoms with Gasteiger partial charge in [-0.3, -0.25) is 4.79 Å². The van der Waals surface area contributed by atoms with Gasteiger partial charge in [-0.15, -0.1) is 0 Å². The third kappa shape index (κ3) is 6.04. The van der Waals surface area contributed by atoms with Crippen molar-refractivity contribution in [1.82, 2.24) is 15.1 Å². The van der Waals surface area contributed by atoms with Gasteiger partial charge in [0.1, 0.15) is 11.5 Å². The molecule has 0 radical (unpaired) electrons. The number of amides is 1. The van der Waals surface area contributed by atoms with E-state index >= 15 is 0 Å². The Kier molecular flexibility index (Phi) is 8.26. The van der Waals surface area contributed by atoms with E-state index in [-0.39, 0.29) is 23.1 Å². The minimum absolute atomic E-state index is 0.0379. The van der Waals surface area contributed by atoms with Gasteiger partial charge >= 0.3 is 0 Å². The van der Waals surface area contributed by atoms with E-state index in [4.69, 9.17) is 0 Å². The number of nitrogens with zero attached hydrogens (tertiary/aromatic N) is 2. The Balaban J connectivity index is 1.38. The number of carbonyl (C=O) groups is 1. The van der Waals surface area contributed by atoms with Crippen LogP contribution in [0, 0.1) is 11.8 Å². The zero-order valence-electron chi connectivity index (χ0n) is 22.3. The molecule has 0 saturated carbocycles. The fraction of sp³-hybridized carbons (Fsp3) is 0.567. The van der Waals surface area contributed by atoms with E-state index < -0.39 is 0 Å². The molecule has 0 spiro atoms.